The standard InChI is InChI=1S/C27H32N4O9/c1-5-38-21-12-18(25-24(26(34)37-4)16(2)29-27(35)30-25)8-11-20(21)40-14-22(32)31-28-13-17-6-9-19(10-7-17)39-15-23(33)36-3/h6-13,22,25,31-32H,5,14-15H2,1-4H3,(H2,29,30,35)/b28-13-/t22-,25-/m0/s1. The molecule has 0 saturated carbocycles. The van der Waals surface area contributed by atoms with Gasteiger partial charge in [-0.2, -0.15) is 5.10 Å². The van der Waals surface area contributed by atoms with Gasteiger partial charge in [-0.05, 0) is 61.4 Å². The van der Waals surface area contributed by atoms with Crippen LogP contribution in [-0.2, 0) is 19.1 Å². The average Bonchev–Trinajstić information content (AvgIpc) is 2.95. The van der Waals surface area contributed by atoms with Crippen molar-refractivity contribution in [1.82, 2.24) is 16.1 Å². The topological polar surface area (TPSA) is 166 Å². The molecule has 13 nitrogen and oxygen atoms in total. The first-order chi connectivity index (χ1) is 19.2. The second kappa shape index (κ2) is 14.4. The minimum Gasteiger partial charge on any atom is -0.490 e. The number of carbonyl (C=O) groups is 3. The van der Waals surface area contributed by atoms with Crippen LogP contribution >= 0.6 is 0 Å². The van der Waals surface area contributed by atoms with E-state index in [1.807, 2.05) is 0 Å². The number of allylic oxidation sites excluding steroid dienone is 1. The predicted octanol–water partition coefficient (Wildman–Crippen LogP) is 1.76. The average molecular weight is 557 g/mol. The van der Waals surface area contributed by atoms with E-state index >= 15 is 0 Å². The fourth-order valence-corrected chi connectivity index (χ4v) is 3.67. The van der Waals surface area contributed by atoms with E-state index < -0.39 is 30.2 Å². The molecule has 2 amide bonds. The molecule has 2 aromatic carbocycles. The Kier molecular flexibility index (Phi) is 10.7. The third-order valence-corrected chi connectivity index (χ3v) is 5.57. The van der Waals surface area contributed by atoms with Crippen LogP contribution in [0.25, 0.3) is 0 Å². The van der Waals surface area contributed by atoms with Gasteiger partial charge >= 0.3 is 18.0 Å². The van der Waals surface area contributed by atoms with Crippen molar-refractivity contribution in [1.29, 1.82) is 0 Å². The number of ether oxygens (including phenoxy) is 5. The Morgan fingerprint density at radius 3 is 2.50 bits per heavy atom. The Labute approximate surface area is 231 Å². The molecular weight excluding hydrogens is 524 g/mol. The maximum Gasteiger partial charge on any atom is 0.343 e. The second-order valence-corrected chi connectivity index (χ2v) is 8.35. The van der Waals surface area contributed by atoms with Crippen LogP contribution in [0.4, 0.5) is 4.79 Å². The zero-order valence-corrected chi connectivity index (χ0v) is 22.6. The van der Waals surface area contributed by atoms with Gasteiger partial charge in [0.2, 0.25) is 0 Å². The molecule has 0 spiro atoms. The number of amides is 2. The quantitative estimate of drug-likeness (QED) is 0.124. The number of hydrazone groups is 1. The summed E-state index contributed by atoms with van der Waals surface area (Å²) >= 11 is 0. The Morgan fingerprint density at radius 1 is 1.07 bits per heavy atom. The van der Waals surface area contributed by atoms with Crippen molar-refractivity contribution in [2.75, 3.05) is 34.0 Å². The number of nitrogens with one attached hydrogen (secondary N) is 3. The van der Waals surface area contributed by atoms with Crippen molar-refractivity contribution < 1.29 is 43.2 Å². The van der Waals surface area contributed by atoms with Gasteiger partial charge in [-0.3, -0.25) is 5.43 Å². The fraction of sp³-hybridized carbons (Fsp3) is 0.333. The summed E-state index contributed by atoms with van der Waals surface area (Å²) in [6.07, 6.45) is 0.350. The zero-order chi connectivity index (χ0) is 29.1. The number of methoxy groups -OCH3 is 2. The van der Waals surface area contributed by atoms with E-state index in [2.05, 4.69) is 25.9 Å². The van der Waals surface area contributed by atoms with Gasteiger partial charge in [0.15, 0.2) is 24.3 Å². The third-order valence-electron chi connectivity index (χ3n) is 5.57. The van der Waals surface area contributed by atoms with Crippen molar-refractivity contribution in [2.24, 2.45) is 5.10 Å². The van der Waals surface area contributed by atoms with Crippen LogP contribution in [-0.4, -0.2) is 69.6 Å². The summed E-state index contributed by atoms with van der Waals surface area (Å²) in [7, 11) is 2.55. The van der Waals surface area contributed by atoms with E-state index in [1.54, 1.807) is 56.3 Å². The summed E-state index contributed by atoms with van der Waals surface area (Å²) < 4.78 is 26.1. The Bertz CT molecular complexity index is 1260. The number of aliphatic hydroxyl groups excluding tert-OH is 1. The van der Waals surface area contributed by atoms with E-state index in [1.165, 1.54) is 20.4 Å². The summed E-state index contributed by atoms with van der Waals surface area (Å²) in [6.45, 7) is 3.40. The SMILES string of the molecule is CCOc1cc([C@@H]2NC(=O)NC(C)=C2C(=O)OC)ccc1OC[C@H](O)N/N=C\c1ccc(OCC(=O)OC)cc1. The van der Waals surface area contributed by atoms with Crippen LogP contribution in [0.5, 0.6) is 17.2 Å². The Balaban J connectivity index is 1.61. The maximum atomic E-state index is 12.4. The van der Waals surface area contributed by atoms with Crippen LogP contribution in [0, 0.1) is 0 Å². The van der Waals surface area contributed by atoms with Crippen molar-refractivity contribution in [2.45, 2.75) is 26.1 Å². The fourth-order valence-electron chi connectivity index (χ4n) is 3.67. The number of urea groups is 1. The minimum atomic E-state index is -1.15. The summed E-state index contributed by atoms with van der Waals surface area (Å²) in [5.74, 6) is 0.144. The summed E-state index contributed by atoms with van der Waals surface area (Å²) in [5.41, 5.74) is 4.52. The van der Waals surface area contributed by atoms with Crippen molar-refractivity contribution in [3.8, 4) is 17.2 Å². The molecule has 1 heterocycles. The lowest BCUT2D eigenvalue weighted by molar-refractivity contribution is -0.143. The van der Waals surface area contributed by atoms with Gasteiger partial charge in [-0.15, -0.1) is 0 Å². The Morgan fingerprint density at radius 2 is 1.82 bits per heavy atom. The second-order valence-electron chi connectivity index (χ2n) is 8.35. The number of aliphatic hydroxyl groups is 1. The predicted molar refractivity (Wildman–Crippen MR) is 143 cm³/mol. The molecule has 1 aliphatic rings. The zero-order valence-electron chi connectivity index (χ0n) is 22.6. The van der Waals surface area contributed by atoms with E-state index in [4.69, 9.17) is 18.9 Å². The highest BCUT2D eigenvalue weighted by Crippen LogP contribution is 2.34. The van der Waals surface area contributed by atoms with Crippen LogP contribution < -0.4 is 30.3 Å². The number of hydrogen-bond acceptors (Lipinski definition) is 11. The highest BCUT2D eigenvalue weighted by molar-refractivity contribution is 5.95. The molecule has 3 rings (SSSR count). The van der Waals surface area contributed by atoms with Crippen LogP contribution in [0.15, 0.2) is 58.8 Å². The molecule has 2 atom stereocenters. The van der Waals surface area contributed by atoms with Crippen molar-refractivity contribution in [3.63, 3.8) is 0 Å². The van der Waals surface area contributed by atoms with Crippen molar-refractivity contribution in [3.05, 3.63) is 64.9 Å². The molecule has 2 aromatic rings. The number of esters is 2. The molecule has 0 fully saturated rings. The highest BCUT2D eigenvalue weighted by Gasteiger charge is 2.32. The Hall–Kier alpha value is -4.78. The molecule has 4 N–H and O–H groups in total. The summed E-state index contributed by atoms with van der Waals surface area (Å²) in [6, 6.07) is 10.5. The maximum absolute atomic E-state index is 12.4. The van der Waals surface area contributed by atoms with Crippen molar-refractivity contribution >= 4 is 24.2 Å². The summed E-state index contributed by atoms with van der Waals surface area (Å²) in [5, 5.41) is 19.6. The minimum absolute atomic E-state index is 0.159. The highest BCUT2D eigenvalue weighted by atomic mass is 16.6. The normalized spacial score (nSPS) is 15.5. The molecule has 0 aliphatic carbocycles. The van der Waals surface area contributed by atoms with E-state index in [9.17, 15) is 19.5 Å². The molecule has 0 bridgehead atoms. The first-order valence-electron chi connectivity index (χ1n) is 12.3. The van der Waals surface area contributed by atoms with Crippen LogP contribution in [0.1, 0.15) is 31.0 Å². The van der Waals surface area contributed by atoms with Gasteiger partial charge in [-0.25, -0.2) is 14.4 Å². The molecule has 214 valence electrons. The van der Waals surface area contributed by atoms with Gasteiger partial charge in [0.05, 0.1) is 38.7 Å². The molecule has 40 heavy (non-hydrogen) atoms. The van der Waals surface area contributed by atoms with Gasteiger partial charge < -0.3 is 39.4 Å². The van der Waals surface area contributed by atoms with Gasteiger partial charge in [0.25, 0.3) is 0 Å². The molecule has 0 unspecified atom stereocenters. The molecule has 13 heteroatoms. The molecule has 0 saturated heterocycles. The monoisotopic (exact) mass is 556 g/mol. The van der Waals surface area contributed by atoms with Gasteiger partial charge in [-0.1, -0.05) is 6.07 Å². The van der Waals surface area contributed by atoms with Gasteiger partial charge in [0, 0.05) is 5.70 Å². The first-order valence-corrected chi connectivity index (χ1v) is 12.3. The van der Waals surface area contributed by atoms with Crippen LogP contribution in [0.3, 0.4) is 0 Å². The lowest BCUT2D eigenvalue weighted by Gasteiger charge is -2.28. The van der Waals surface area contributed by atoms with E-state index in [-0.39, 0.29) is 18.8 Å². The van der Waals surface area contributed by atoms with Crippen LogP contribution in [0.2, 0.25) is 0 Å². The van der Waals surface area contributed by atoms with E-state index in [0.29, 0.717) is 35.1 Å². The molecule has 1 aliphatic heterocycles. The number of benzene rings is 2. The first kappa shape index (κ1) is 29.8. The summed E-state index contributed by atoms with van der Waals surface area (Å²) in [4.78, 5) is 35.6. The number of hydrogen-bond donors (Lipinski definition) is 4. The lowest BCUT2D eigenvalue weighted by Crippen LogP contribution is -2.45. The lowest BCUT2D eigenvalue weighted by atomic mass is 9.95. The number of rotatable bonds is 13. The number of carbonyl (C=O) groups excluding carboxylic acids is 3. The van der Waals surface area contributed by atoms with E-state index in [0.717, 1.165) is 5.56 Å². The largest absolute Gasteiger partial charge is 0.490 e. The molecule has 0 aromatic heterocycles. The smallest absolute Gasteiger partial charge is 0.343 e. The third kappa shape index (κ3) is 8.11. The number of nitrogens with zero attached hydrogens (tertiary/aromatic N) is 1. The molecular formula is C27H32N4O9. The molecule has 0 radical (unpaired) electrons. The van der Waals surface area contributed by atoms with Gasteiger partial charge in [0.1, 0.15) is 12.4 Å².